The zero-order valence-electron chi connectivity index (χ0n) is 8.86. The maximum Gasteiger partial charge on any atom is 0.325 e. The SMILES string of the molecule is COc1ccc(C(N)C(=O)O)c(Br)c1OC. The Bertz CT molecular complexity index is 408. The second kappa shape index (κ2) is 5.18. The van der Waals surface area contributed by atoms with Crippen LogP contribution in [-0.2, 0) is 4.79 Å². The molecule has 1 atom stereocenters. The van der Waals surface area contributed by atoms with E-state index in [0.717, 1.165) is 0 Å². The van der Waals surface area contributed by atoms with Gasteiger partial charge in [0.1, 0.15) is 6.04 Å². The fourth-order valence-corrected chi connectivity index (χ4v) is 2.01. The van der Waals surface area contributed by atoms with Gasteiger partial charge in [-0.05, 0) is 27.6 Å². The number of aliphatic carboxylic acids is 1. The summed E-state index contributed by atoms with van der Waals surface area (Å²) in [6.45, 7) is 0. The Balaban J connectivity index is 3.29. The molecule has 0 amide bonds. The molecule has 0 fully saturated rings. The Morgan fingerprint density at radius 1 is 1.44 bits per heavy atom. The highest BCUT2D eigenvalue weighted by Gasteiger charge is 2.21. The first-order valence-corrected chi connectivity index (χ1v) is 5.21. The van der Waals surface area contributed by atoms with E-state index in [-0.39, 0.29) is 0 Å². The van der Waals surface area contributed by atoms with Crippen molar-refractivity contribution in [2.75, 3.05) is 14.2 Å². The molecule has 1 unspecified atom stereocenters. The minimum absolute atomic E-state index is 0.428. The van der Waals surface area contributed by atoms with Gasteiger partial charge < -0.3 is 20.3 Å². The van der Waals surface area contributed by atoms with E-state index in [1.54, 1.807) is 12.1 Å². The van der Waals surface area contributed by atoms with Gasteiger partial charge in [0.25, 0.3) is 0 Å². The molecule has 0 aliphatic carbocycles. The summed E-state index contributed by atoms with van der Waals surface area (Å²) in [7, 11) is 2.97. The van der Waals surface area contributed by atoms with Crippen LogP contribution in [0.5, 0.6) is 11.5 Å². The van der Waals surface area contributed by atoms with E-state index in [0.29, 0.717) is 21.5 Å². The predicted molar refractivity (Wildman–Crippen MR) is 61.8 cm³/mol. The van der Waals surface area contributed by atoms with Crippen LogP contribution in [0.3, 0.4) is 0 Å². The molecular formula is C10H12BrNO4. The van der Waals surface area contributed by atoms with Gasteiger partial charge in [0, 0.05) is 0 Å². The average Bonchev–Trinajstić information content (AvgIpc) is 2.27. The number of hydrogen-bond acceptors (Lipinski definition) is 4. The van der Waals surface area contributed by atoms with Crippen LogP contribution in [0, 0.1) is 0 Å². The van der Waals surface area contributed by atoms with Crippen molar-refractivity contribution in [1.82, 2.24) is 0 Å². The summed E-state index contributed by atoms with van der Waals surface area (Å²) in [5, 5.41) is 8.83. The van der Waals surface area contributed by atoms with E-state index in [2.05, 4.69) is 15.9 Å². The first-order chi connectivity index (χ1) is 7.52. The van der Waals surface area contributed by atoms with E-state index < -0.39 is 12.0 Å². The summed E-state index contributed by atoms with van der Waals surface area (Å²) < 4.78 is 10.7. The van der Waals surface area contributed by atoms with Crippen LogP contribution in [0.25, 0.3) is 0 Å². The number of ether oxygens (including phenoxy) is 2. The molecular weight excluding hydrogens is 278 g/mol. The van der Waals surface area contributed by atoms with Crippen LogP contribution in [0.2, 0.25) is 0 Å². The Hall–Kier alpha value is -1.27. The summed E-state index contributed by atoms with van der Waals surface area (Å²) in [6.07, 6.45) is 0. The van der Waals surface area contributed by atoms with Gasteiger partial charge in [-0.3, -0.25) is 4.79 Å². The molecule has 6 heteroatoms. The zero-order valence-corrected chi connectivity index (χ0v) is 10.4. The van der Waals surface area contributed by atoms with Gasteiger partial charge in [-0.2, -0.15) is 0 Å². The molecule has 0 aliphatic rings. The smallest absolute Gasteiger partial charge is 0.325 e. The Kier molecular flexibility index (Phi) is 4.14. The third kappa shape index (κ3) is 2.28. The van der Waals surface area contributed by atoms with E-state index >= 15 is 0 Å². The van der Waals surface area contributed by atoms with Crippen molar-refractivity contribution in [3.63, 3.8) is 0 Å². The molecule has 1 aromatic carbocycles. The van der Waals surface area contributed by atoms with Gasteiger partial charge >= 0.3 is 5.97 Å². The standard InChI is InChI=1S/C10H12BrNO4/c1-15-6-4-3-5(8(12)10(13)14)7(11)9(6)16-2/h3-4,8H,12H2,1-2H3,(H,13,14). The Morgan fingerprint density at radius 3 is 2.50 bits per heavy atom. The molecule has 88 valence electrons. The molecule has 3 N–H and O–H groups in total. The van der Waals surface area contributed by atoms with Crippen LogP contribution in [0.15, 0.2) is 16.6 Å². The van der Waals surface area contributed by atoms with Gasteiger partial charge in [0.15, 0.2) is 11.5 Å². The molecule has 5 nitrogen and oxygen atoms in total. The first-order valence-electron chi connectivity index (χ1n) is 4.41. The number of carboxylic acid groups (broad SMARTS) is 1. The third-order valence-corrected chi connectivity index (χ3v) is 2.93. The normalized spacial score (nSPS) is 12.0. The number of carboxylic acids is 1. The fraction of sp³-hybridized carbons (Fsp3) is 0.300. The van der Waals surface area contributed by atoms with Crippen molar-refractivity contribution in [3.8, 4) is 11.5 Å². The Morgan fingerprint density at radius 2 is 2.06 bits per heavy atom. The summed E-state index contributed by atoms with van der Waals surface area (Å²) in [6, 6.07) is 2.10. The summed E-state index contributed by atoms with van der Waals surface area (Å²) in [4.78, 5) is 10.8. The monoisotopic (exact) mass is 289 g/mol. The van der Waals surface area contributed by atoms with Crippen molar-refractivity contribution in [2.24, 2.45) is 5.73 Å². The van der Waals surface area contributed by atoms with Gasteiger partial charge in [-0.15, -0.1) is 0 Å². The average molecular weight is 290 g/mol. The predicted octanol–water partition coefficient (Wildman–Crippen LogP) is 1.55. The molecule has 1 rings (SSSR count). The highest BCUT2D eigenvalue weighted by atomic mass is 79.9. The maximum absolute atomic E-state index is 10.8. The largest absolute Gasteiger partial charge is 0.493 e. The van der Waals surface area contributed by atoms with Crippen LogP contribution < -0.4 is 15.2 Å². The van der Waals surface area contributed by atoms with Crippen molar-refractivity contribution in [3.05, 3.63) is 22.2 Å². The zero-order chi connectivity index (χ0) is 12.3. The minimum Gasteiger partial charge on any atom is -0.493 e. The topological polar surface area (TPSA) is 81.8 Å². The lowest BCUT2D eigenvalue weighted by atomic mass is 10.1. The molecule has 0 saturated carbocycles. The quantitative estimate of drug-likeness (QED) is 0.879. The second-order valence-electron chi connectivity index (χ2n) is 3.02. The summed E-state index contributed by atoms with van der Waals surface area (Å²) in [5.41, 5.74) is 5.96. The highest BCUT2D eigenvalue weighted by Crippen LogP contribution is 2.39. The van der Waals surface area contributed by atoms with Crippen LogP contribution >= 0.6 is 15.9 Å². The Labute approximate surface area is 101 Å². The number of nitrogens with two attached hydrogens (primary N) is 1. The van der Waals surface area contributed by atoms with Gasteiger partial charge in [-0.1, -0.05) is 6.07 Å². The third-order valence-electron chi connectivity index (χ3n) is 2.12. The van der Waals surface area contributed by atoms with Gasteiger partial charge in [0.2, 0.25) is 0 Å². The molecule has 0 heterocycles. The number of methoxy groups -OCH3 is 2. The second-order valence-corrected chi connectivity index (χ2v) is 3.81. The van der Waals surface area contributed by atoms with Gasteiger partial charge in [-0.25, -0.2) is 0 Å². The van der Waals surface area contributed by atoms with E-state index in [1.807, 2.05) is 0 Å². The van der Waals surface area contributed by atoms with Crippen molar-refractivity contribution in [2.45, 2.75) is 6.04 Å². The number of hydrogen-bond donors (Lipinski definition) is 2. The lowest BCUT2D eigenvalue weighted by Gasteiger charge is -2.15. The molecule has 0 saturated heterocycles. The first kappa shape index (κ1) is 12.8. The number of benzene rings is 1. The van der Waals surface area contributed by atoms with Gasteiger partial charge in [0.05, 0.1) is 18.7 Å². The molecule has 0 radical (unpaired) electrons. The van der Waals surface area contributed by atoms with Crippen molar-refractivity contribution < 1.29 is 19.4 Å². The summed E-state index contributed by atoms with van der Waals surface area (Å²) in [5.74, 6) is -0.166. The van der Waals surface area contributed by atoms with E-state index in [4.69, 9.17) is 20.3 Å². The molecule has 0 spiro atoms. The minimum atomic E-state index is -1.10. The van der Waals surface area contributed by atoms with Crippen LogP contribution in [-0.4, -0.2) is 25.3 Å². The number of rotatable bonds is 4. The molecule has 16 heavy (non-hydrogen) atoms. The number of halogens is 1. The van der Waals surface area contributed by atoms with Crippen molar-refractivity contribution >= 4 is 21.9 Å². The molecule has 1 aromatic rings. The summed E-state index contributed by atoms with van der Waals surface area (Å²) >= 11 is 3.25. The molecule has 0 aromatic heterocycles. The van der Waals surface area contributed by atoms with Crippen molar-refractivity contribution in [1.29, 1.82) is 0 Å². The highest BCUT2D eigenvalue weighted by molar-refractivity contribution is 9.10. The van der Waals surface area contributed by atoms with Crippen LogP contribution in [0.4, 0.5) is 0 Å². The molecule has 0 aliphatic heterocycles. The lowest BCUT2D eigenvalue weighted by Crippen LogP contribution is -2.21. The maximum atomic E-state index is 10.8. The van der Waals surface area contributed by atoms with E-state index in [1.165, 1.54) is 14.2 Å². The van der Waals surface area contributed by atoms with Crippen LogP contribution in [0.1, 0.15) is 11.6 Å². The fourth-order valence-electron chi connectivity index (χ4n) is 1.28. The van der Waals surface area contributed by atoms with E-state index in [9.17, 15) is 4.79 Å². The molecule has 0 bridgehead atoms. The lowest BCUT2D eigenvalue weighted by molar-refractivity contribution is -0.138. The number of carbonyl (C=O) groups is 1.